The number of carbonyl (C=O) groups is 1. The third-order valence-corrected chi connectivity index (χ3v) is 3.65. The molecule has 1 atom stereocenters. The minimum atomic E-state index is -0.716. The molecule has 2 aromatic rings. The first-order chi connectivity index (χ1) is 11.0. The van der Waals surface area contributed by atoms with Crippen LogP contribution in [0.15, 0.2) is 42.6 Å². The monoisotopic (exact) mass is 336 g/mol. The van der Waals surface area contributed by atoms with E-state index < -0.39 is 11.9 Å². The zero-order valence-corrected chi connectivity index (χ0v) is 13.8. The van der Waals surface area contributed by atoms with Crippen LogP contribution in [-0.2, 0) is 11.2 Å². The standard InChI is InChI=1S/C17H18ClFN2O2/c1-12(23-16-7-6-13(19)11-15(16)18)17(22)21(2)10-8-14-5-3-4-9-20-14/h3-7,9,11-12H,8,10H2,1-2H3. The number of hydrogen-bond acceptors (Lipinski definition) is 3. The molecule has 4 nitrogen and oxygen atoms in total. The maximum atomic E-state index is 13.0. The minimum Gasteiger partial charge on any atom is -0.479 e. The lowest BCUT2D eigenvalue weighted by molar-refractivity contribution is -0.136. The fourth-order valence-electron chi connectivity index (χ4n) is 2.06. The van der Waals surface area contributed by atoms with E-state index in [0.717, 1.165) is 11.8 Å². The molecule has 0 aliphatic rings. The molecule has 1 aromatic heterocycles. The second-order valence-corrected chi connectivity index (χ2v) is 5.57. The normalized spacial score (nSPS) is 11.8. The summed E-state index contributed by atoms with van der Waals surface area (Å²) in [6.45, 7) is 2.17. The van der Waals surface area contributed by atoms with E-state index >= 15 is 0 Å². The van der Waals surface area contributed by atoms with Crippen LogP contribution < -0.4 is 4.74 Å². The largest absolute Gasteiger partial charge is 0.479 e. The third kappa shape index (κ3) is 4.93. The zero-order chi connectivity index (χ0) is 16.8. The molecule has 0 fully saturated rings. The van der Waals surface area contributed by atoms with Crippen LogP contribution in [0.3, 0.4) is 0 Å². The zero-order valence-electron chi connectivity index (χ0n) is 13.0. The van der Waals surface area contributed by atoms with Gasteiger partial charge < -0.3 is 9.64 Å². The number of amides is 1. The molecule has 1 unspecified atom stereocenters. The van der Waals surface area contributed by atoms with E-state index in [1.807, 2.05) is 18.2 Å². The summed E-state index contributed by atoms with van der Waals surface area (Å²) in [7, 11) is 1.71. The molecule has 1 amide bonds. The maximum Gasteiger partial charge on any atom is 0.263 e. The Balaban J connectivity index is 1.90. The van der Waals surface area contributed by atoms with Gasteiger partial charge in [0.05, 0.1) is 5.02 Å². The lowest BCUT2D eigenvalue weighted by atomic mass is 10.2. The SMILES string of the molecule is CC(Oc1ccc(F)cc1Cl)C(=O)N(C)CCc1ccccn1. The van der Waals surface area contributed by atoms with Gasteiger partial charge in [-0.3, -0.25) is 9.78 Å². The summed E-state index contributed by atoms with van der Waals surface area (Å²) in [5.74, 6) is -0.345. The molecule has 0 bridgehead atoms. The van der Waals surface area contributed by atoms with Gasteiger partial charge in [-0.1, -0.05) is 17.7 Å². The minimum absolute atomic E-state index is 0.140. The first-order valence-electron chi connectivity index (χ1n) is 7.24. The molecule has 122 valence electrons. The van der Waals surface area contributed by atoms with Crippen LogP contribution in [0.5, 0.6) is 5.75 Å². The highest BCUT2D eigenvalue weighted by molar-refractivity contribution is 6.32. The summed E-state index contributed by atoms with van der Waals surface area (Å²) in [5, 5.41) is 0.140. The predicted molar refractivity (Wildman–Crippen MR) is 87.1 cm³/mol. The highest BCUT2D eigenvalue weighted by Gasteiger charge is 2.20. The number of carbonyl (C=O) groups excluding carboxylic acids is 1. The van der Waals surface area contributed by atoms with E-state index in [1.54, 1.807) is 25.1 Å². The Morgan fingerprint density at radius 1 is 1.39 bits per heavy atom. The molecule has 0 N–H and O–H groups in total. The second-order valence-electron chi connectivity index (χ2n) is 5.17. The Hall–Kier alpha value is -2.14. The summed E-state index contributed by atoms with van der Waals surface area (Å²) in [6, 6.07) is 9.47. The fraction of sp³-hybridized carbons (Fsp3) is 0.294. The highest BCUT2D eigenvalue weighted by Crippen LogP contribution is 2.26. The van der Waals surface area contributed by atoms with Gasteiger partial charge in [0.2, 0.25) is 0 Å². The van der Waals surface area contributed by atoms with Crippen molar-refractivity contribution in [2.75, 3.05) is 13.6 Å². The number of pyridine rings is 1. The summed E-state index contributed by atoms with van der Waals surface area (Å²) >= 11 is 5.90. The van der Waals surface area contributed by atoms with E-state index in [4.69, 9.17) is 16.3 Å². The Morgan fingerprint density at radius 3 is 2.83 bits per heavy atom. The van der Waals surface area contributed by atoms with Gasteiger partial charge in [-0.2, -0.15) is 0 Å². The average Bonchev–Trinajstić information content (AvgIpc) is 2.55. The van der Waals surface area contributed by atoms with Crippen LogP contribution >= 0.6 is 11.6 Å². The molecule has 0 saturated carbocycles. The Kier molecular flexibility index (Phi) is 5.93. The van der Waals surface area contributed by atoms with Crippen molar-refractivity contribution in [1.29, 1.82) is 0 Å². The number of benzene rings is 1. The van der Waals surface area contributed by atoms with Crippen LogP contribution in [0.25, 0.3) is 0 Å². The molecule has 0 aliphatic heterocycles. The van der Waals surface area contributed by atoms with E-state index in [1.165, 1.54) is 12.1 Å². The van der Waals surface area contributed by atoms with E-state index in [2.05, 4.69) is 4.98 Å². The first-order valence-corrected chi connectivity index (χ1v) is 7.62. The molecule has 6 heteroatoms. The van der Waals surface area contributed by atoms with Crippen LogP contribution in [0, 0.1) is 5.82 Å². The van der Waals surface area contributed by atoms with Crippen molar-refractivity contribution in [3.63, 3.8) is 0 Å². The maximum absolute atomic E-state index is 13.0. The molecular weight excluding hydrogens is 319 g/mol. The molecule has 23 heavy (non-hydrogen) atoms. The Bertz CT molecular complexity index is 667. The number of likely N-dealkylation sites (N-methyl/N-ethyl adjacent to an activating group) is 1. The first kappa shape index (κ1) is 17.2. The number of nitrogens with zero attached hydrogens (tertiary/aromatic N) is 2. The second kappa shape index (κ2) is 7.92. The van der Waals surface area contributed by atoms with Gasteiger partial charge in [0, 0.05) is 31.9 Å². The van der Waals surface area contributed by atoms with Gasteiger partial charge >= 0.3 is 0 Å². The molecular formula is C17H18ClFN2O2. The van der Waals surface area contributed by atoms with E-state index in [-0.39, 0.29) is 16.7 Å². The number of aromatic nitrogens is 1. The van der Waals surface area contributed by atoms with Crippen LogP contribution in [0.1, 0.15) is 12.6 Å². The van der Waals surface area contributed by atoms with Crippen molar-refractivity contribution in [2.24, 2.45) is 0 Å². The van der Waals surface area contributed by atoms with Crippen molar-refractivity contribution in [1.82, 2.24) is 9.88 Å². The lowest BCUT2D eigenvalue weighted by Gasteiger charge is -2.22. The van der Waals surface area contributed by atoms with Crippen molar-refractivity contribution in [2.45, 2.75) is 19.4 Å². The molecule has 1 aromatic carbocycles. The van der Waals surface area contributed by atoms with Crippen LogP contribution in [-0.4, -0.2) is 35.5 Å². The van der Waals surface area contributed by atoms with Gasteiger partial charge in [-0.05, 0) is 37.3 Å². The number of rotatable bonds is 6. The van der Waals surface area contributed by atoms with Crippen molar-refractivity contribution in [3.05, 3.63) is 59.1 Å². The Labute approximate surface area is 139 Å². The quantitative estimate of drug-likeness (QED) is 0.812. The molecule has 0 saturated heterocycles. The molecule has 0 aliphatic carbocycles. The number of halogens is 2. The highest BCUT2D eigenvalue weighted by atomic mass is 35.5. The van der Waals surface area contributed by atoms with Crippen LogP contribution in [0.4, 0.5) is 4.39 Å². The Morgan fingerprint density at radius 2 is 2.17 bits per heavy atom. The summed E-state index contributed by atoms with van der Waals surface area (Å²) in [6.07, 6.45) is 1.67. The van der Waals surface area contributed by atoms with Gasteiger partial charge in [0.15, 0.2) is 6.10 Å². The van der Waals surface area contributed by atoms with Crippen molar-refractivity contribution < 1.29 is 13.9 Å². The summed E-state index contributed by atoms with van der Waals surface area (Å²) < 4.78 is 18.5. The summed E-state index contributed by atoms with van der Waals surface area (Å²) in [5.41, 5.74) is 0.919. The number of hydrogen-bond donors (Lipinski definition) is 0. The predicted octanol–water partition coefficient (Wildman–Crippen LogP) is 3.34. The fourth-order valence-corrected chi connectivity index (χ4v) is 2.27. The topological polar surface area (TPSA) is 42.4 Å². The smallest absolute Gasteiger partial charge is 0.263 e. The van der Waals surface area contributed by atoms with Gasteiger partial charge in [-0.15, -0.1) is 0 Å². The van der Waals surface area contributed by atoms with Crippen molar-refractivity contribution >= 4 is 17.5 Å². The van der Waals surface area contributed by atoms with Gasteiger partial charge in [0.1, 0.15) is 11.6 Å². The third-order valence-electron chi connectivity index (χ3n) is 3.35. The molecule has 1 heterocycles. The average molecular weight is 337 g/mol. The molecule has 0 radical (unpaired) electrons. The van der Waals surface area contributed by atoms with E-state index in [9.17, 15) is 9.18 Å². The lowest BCUT2D eigenvalue weighted by Crippen LogP contribution is -2.39. The number of ether oxygens (including phenoxy) is 1. The van der Waals surface area contributed by atoms with E-state index in [0.29, 0.717) is 13.0 Å². The molecule has 0 spiro atoms. The van der Waals surface area contributed by atoms with Crippen molar-refractivity contribution in [3.8, 4) is 5.75 Å². The molecule has 2 rings (SSSR count). The summed E-state index contributed by atoms with van der Waals surface area (Å²) in [4.78, 5) is 18.1. The van der Waals surface area contributed by atoms with Crippen LogP contribution in [0.2, 0.25) is 5.02 Å². The van der Waals surface area contributed by atoms with Gasteiger partial charge in [-0.25, -0.2) is 4.39 Å². The van der Waals surface area contributed by atoms with Gasteiger partial charge in [0.25, 0.3) is 5.91 Å².